The summed E-state index contributed by atoms with van der Waals surface area (Å²) < 4.78 is 5.64. The number of aliphatic carboxylic acids is 1. The lowest BCUT2D eigenvalue weighted by atomic mass is 10.0. The highest BCUT2D eigenvalue weighted by Gasteiger charge is 2.12. The number of carboxylic acids is 1. The second-order valence-electron chi connectivity index (χ2n) is 4.40. The van der Waals surface area contributed by atoms with Crippen LogP contribution < -0.4 is 4.74 Å². The maximum Gasteiger partial charge on any atom is 0.310 e. The highest BCUT2D eigenvalue weighted by molar-refractivity contribution is 5.75. The van der Waals surface area contributed by atoms with Gasteiger partial charge in [-0.2, -0.15) is 0 Å². The summed E-state index contributed by atoms with van der Waals surface area (Å²) in [4.78, 5) is 10.9. The van der Waals surface area contributed by atoms with E-state index in [9.17, 15) is 4.79 Å². The molecule has 2 rings (SSSR count). The Morgan fingerprint density at radius 2 is 1.74 bits per heavy atom. The number of rotatable bonds is 5. The van der Waals surface area contributed by atoms with Crippen molar-refractivity contribution in [2.75, 3.05) is 0 Å². The Hall–Kier alpha value is -2.29. The van der Waals surface area contributed by atoms with E-state index in [1.165, 1.54) is 0 Å². The van der Waals surface area contributed by atoms with Gasteiger partial charge in [-0.3, -0.25) is 4.79 Å². The number of benzene rings is 2. The van der Waals surface area contributed by atoms with Gasteiger partial charge in [0.15, 0.2) is 0 Å². The van der Waals surface area contributed by atoms with E-state index in [1.807, 2.05) is 30.3 Å². The van der Waals surface area contributed by atoms with Gasteiger partial charge in [-0.25, -0.2) is 0 Å². The highest BCUT2D eigenvalue weighted by Crippen LogP contribution is 2.20. The SMILES string of the molecule is CC(C(=O)O)c1ccc(OCc2ccccc2)cc1. The predicted molar refractivity (Wildman–Crippen MR) is 73.3 cm³/mol. The third-order valence-corrected chi connectivity index (χ3v) is 3.00. The van der Waals surface area contributed by atoms with Crippen molar-refractivity contribution in [1.82, 2.24) is 0 Å². The first-order valence-electron chi connectivity index (χ1n) is 6.16. The van der Waals surface area contributed by atoms with Crippen LogP contribution in [0.1, 0.15) is 24.0 Å². The normalized spacial score (nSPS) is 11.8. The molecule has 0 spiro atoms. The molecule has 3 heteroatoms. The summed E-state index contributed by atoms with van der Waals surface area (Å²) in [5.74, 6) is -0.577. The van der Waals surface area contributed by atoms with Crippen LogP contribution in [-0.4, -0.2) is 11.1 Å². The number of ether oxygens (including phenoxy) is 1. The van der Waals surface area contributed by atoms with Crippen LogP contribution in [0.3, 0.4) is 0 Å². The Morgan fingerprint density at radius 3 is 2.32 bits per heavy atom. The van der Waals surface area contributed by atoms with Gasteiger partial charge in [0.1, 0.15) is 12.4 Å². The second kappa shape index (κ2) is 6.05. The molecular weight excluding hydrogens is 240 g/mol. The molecule has 0 aliphatic rings. The van der Waals surface area contributed by atoms with E-state index in [4.69, 9.17) is 9.84 Å². The first kappa shape index (κ1) is 13.1. The number of carbonyl (C=O) groups is 1. The van der Waals surface area contributed by atoms with Crippen LogP contribution in [0.15, 0.2) is 54.6 Å². The Morgan fingerprint density at radius 1 is 1.11 bits per heavy atom. The van der Waals surface area contributed by atoms with Gasteiger partial charge in [-0.15, -0.1) is 0 Å². The van der Waals surface area contributed by atoms with Crippen LogP contribution >= 0.6 is 0 Å². The molecule has 0 saturated carbocycles. The van der Waals surface area contributed by atoms with Gasteiger partial charge < -0.3 is 9.84 Å². The Bertz CT molecular complexity index is 532. The van der Waals surface area contributed by atoms with Gasteiger partial charge in [0.2, 0.25) is 0 Å². The van der Waals surface area contributed by atoms with Crippen LogP contribution in [0.5, 0.6) is 5.75 Å². The molecule has 1 N–H and O–H groups in total. The molecule has 98 valence electrons. The van der Waals surface area contributed by atoms with Crippen molar-refractivity contribution in [2.24, 2.45) is 0 Å². The molecule has 0 aromatic heterocycles. The van der Waals surface area contributed by atoms with E-state index in [0.717, 1.165) is 16.9 Å². The van der Waals surface area contributed by atoms with Crippen LogP contribution in [0.25, 0.3) is 0 Å². The summed E-state index contributed by atoms with van der Waals surface area (Å²) in [5, 5.41) is 8.93. The Balaban J connectivity index is 1.97. The third kappa shape index (κ3) is 3.58. The fraction of sp³-hybridized carbons (Fsp3) is 0.188. The molecule has 2 aromatic carbocycles. The van der Waals surface area contributed by atoms with E-state index in [2.05, 4.69) is 0 Å². The topological polar surface area (TPSA) is 46.5 Å². The summed E-state index contributed by atoms with van der Waals surface area (Å²) in [6.07, 6.45) is 0. The summed E-state index contributed by atoms with van der Waals surface area (Å²) in [6.45, 7) is 2.18. The van der Waals surface area contributed by atoms with Gasteiger partial charge in [0, 0.05) is 0 Å². The molecule has 19 heavy (non-hydrogen) atoms. The van der Waals surface area contributed by atoms with E-state index in [0.29, 0.717) is 6.61 Å². The van der Waals surface area contributed by atoms with E-state index < -0.39 is 11.9 Å². The monoisotopic (exact) mass is 256 g/mol. The summed E-state index contributed by atoms with van der Waals surface area (Å²) in [7, 11) is 0. The molecular formula is C16H16O3. The maximum absolute atomic E-state index is 10.9. The van der Waals surface area contributed by atoms with E-state index in [1.54, 1.807) is 31.2 Å². The summed E-state index contributed by atoms with van der Waals surface area (Å²) in [6, 6.07) is 17.1. The van der Waals surface area contributed by atoms with Crippen LogP contribution in [0.2, 0.25) is 0 Å². The lowest BCUT2D eigenvalue weighted by Gasteiger charge is -2.09. The van der Waals surface area contributed by atoms with Crippen molar-refractivity contribution in [3.8, 4) is 5.75 Å². The molecule has 0 fully saturated rings. The molecule has 0 bridgehead atoms. The minimum absolute atomic E-state index is 0.497. The lowest BCUT2D eigenvalue weighted by molar-refractivity contribution is -0.138. The molecule has 0 radical (unpaired) electrons. The van der Waals surface area contributed by atoms with Gasteiger partial charge in [0.25, 0.3) is 0 Å². The van der Waals surface area contributed by atoms with Gasteiger partial charge in [-0.1, -0.05) is 42.5 Å². The second-order valence-corrected chi connectivity index (χ2v) is 4.40. The van der Waals surface area contributed by atoms with Gasteiger partial charge in [0.05, 0.1) is 5.92 Å². The first-order chi connectivity index (χ1) is 9.16. The standard InChI is InChI=1S/C16H16O3/c1-12(16(17)18)14-7-9-15(10-8-14)19-11-13-5-3-2-4-6-13/h2-10,12H,11H2,1H3,(H,17,18). The molecule has 1 unspecified atom stereocenters. The first-order valence-corrected chi connectivity index (χ1v) is 6.16. The fourth-order valence-corrected chi connectivity index (χ4v) is 1.74. The van der Waals surface area contributed by atoms with Crippen LogP contribution in [0.4, 0.5) is 0 Å². The molecule has 0 aliphatic heterocycles. The number of hydrogen-bond acceptors (Lipinski definition) is 2. The molecule has 0 heterocycles. The van der Waals surface area contributed by atoms with Crippen molar-refractivity contribution in [3.05, 3.63) is 65.7 Å². The maximum atomic E-state index is 10.9. The van der Waals surface area contributed by atoms with Gasteiger partial charge >= 0.3 is 5.97 Å². The van der Waals surface area contributed by atoms with Crippen LogP contribution in [-0.2, 0) is 11.4 Å². The van der Waals surface area contributed by atoms with E-state index in [-0.39, 0.29) is 0 Å². The van der Waals surface area contributed by atoms with Gasteiger partial charge in [-0.05, 0) is 30.2 Å². The zero-order valence-electron chi connectivity index (χ0n) is 10.7. The fourth-order valence-electron chi connectivity index (χ4n) is 1.74. The Labute approximate surface area is 112 Å². The van der Waals surface area contributed by atoms with Crippen molar-refractivity contribution in [1.29, 1.82) is 0 Å². The smallest absolute Gasteiger partial charge is 0.310 e. The molecule has 0 saturated heterocycles. The third-order valence-electron chi connectivity index (χ3n) is 3.00. The molecule has 2 aromatic rings. The molecule has 3 nitrogen and oxygen atoms in total. The van der Waals surface area contributed by atoms with Crippen molar-refractivity contribution in [3.63, 3.8) is 0 Å². The largest absolute Gasteiger partial charge is 0.489 e. The lowest BCUT2D eigenvalue weighted by Crippen LogP contribution is -2.07. The Kier molecular flexibility index (Phi) is 4.18. The quantitative estimate of drug-likeness (QED) is 0.891. The van der Waals surface area contributed by atoms with Crippen molar-refractivity contribution >= 4 is 5.97 Å². The number of carboxylic acid groups (broad SMARTS) is 1. The zero-order valence-corrected chi connectivity index (χ0v) is 10.7. The minimum Gasteiger partial charge on any atom is -0.489 e. The van der Waals surface area contributed by atoms with Crippen molar-refractivity contribution < 1.29 is 14.6 Å². The van der Waals surface area contributed by atoms with Crippen molar-refractivity contribution in [2.45, 2.75) is 19.4 Å². The van der Waals surface area contributed by atoms with E-state index >= 15 is 0 Å². The average molecular weight is 256 g/mol. The average Bonchev–Trinajstić information content (AvgIpc) is 2.46. The zero-order chi connectivity index (χ0) is 13.7. The molecule has 0 aliphatic carbocycles. The highest BCUT2D eigenvalue weighted by atomic mass is 16.5. The summed E-state index contributed by atoms with van der Waals surface area (Å²) >= 11 is 0. The minimum atomic E-state index is -0.821. The number of hydrogen-bond donors (Lipinski definition) is 1. The molecule has 0 amide bonds. The van der Waals surface area contributed by atoms with Crippen LogP contribution in [0, 0.1) is 0 Å². The summed E-state index contributed by atoms with van der Waals surface area (Å²) in [5.41, 5.74) is 1.88. The predicted octanol–water partition coefficient (Wildman–Crippen LogP) is 3.45. The molecule has 1 atom stereocenters.